The van der Waals surface area contributed by atoms with Crippen LogP contribution in [0.4, 0.5) is 0 Å². The summed E-state index contributed by atoms with van der Waals surface area (Å²) in [5.41, 5.74) is 17.7. The fourth-order valence-corrected chi connectivity index (χ4v) is 10.9. The van der Waals surface area contributed by atoms with E-state index in [9.17, 15) is 0 Å². The Kier molecular flexibility index (Phi) is 8.00. The molecule has 60 heavy (non-hydrogen) atoms. The molecule has 0 amide bonds. The summed E-state index contributed by atoms with van der Waals surface area (Å²) in [7, 11) is 0. The first kappa shape index (κ1) is 34.6. The summed E-state index contributed by atoms with van der Waals surface area (Å²) in [6.45, 7) is 0. The molecule has 0 unspecified atom stereocenters. The lowest BCUT2D eigenvalue weighted by Gasteiger charge is -2.39. The van der Waals surface area contributed by atoms with Gasteiger partial charge in [0.05, 0.1) is 22.3 Å². The average molecular weight is 782 g/mol. The second-order valence-electron chi connectivity index (χ2n) is 15.4. The first-order chi connectivity index (χ1) is 29.8. The highest BCUT2D eigenvalue weighted by Gasteiger charge is 2.51. The van der Waals surface area contributed by atoms with Crippen LogP contribution < -0.4 is 0 Å². The van der Waals surface area contributed by atoms with Crippen LogP contribution in [-0.2, 0) is 5.41 Å². The Morgan fingerprint density at radius 1 is 0.367 bits per heavy atom. The molecule has 0 fully saturated rings. The highest BCUT2D eigenvalue weighted by atomic mass is 32.2. The predicted molar refractivity (Wildman–Crippen MR) is 246 cm³/mol. The monoisotopic (exact) mass is 781 g/mol. The molecule has 0 saturated heterocycles. The highest BCUT2D eigenvalue weighted by Crippen LogP contribution is 2.64. The van der Waals surface area contributed by atoms with Gasteiger partial charge in [-0.05, 0) is 86.0 Å². The predicted octanol–water partition coefficient (Wildman–Crippen LogP) is 14.2. The summed E-state index contributed by atoms with van der Waals surface area (Å²) in [6, 6.07) is 74.4. The van der Waals surface area contributed by atoms with E-state index in [2.05, 4.69) is 199 Å². The Balaban J connectivity index is 1.15. The van der Waals surface area contributed by atoms with Gasteiger partial charge in [-0.2, -0.15) is 0 Å². The fraction of sp³-hybridized carbons (Fsp3) is 0.0179. The Labute approximate surface area is 353 Å². The van der Waals surface area contributed by atoms with Crippen molar-refractivity contribution >= 4 is 22.7 Å². The molecule has 0 saturated carbocycles. The molecule has 0 radical (unpaired) electrons. The van der Waals surface area contributed by atoms with Crippen molar-refractivity contribution in [3.63, 3.8) is 0 Å². The van der Waals surface area contributed by atoms with E-state index < -0.39 is 5.41 Å². The van der Waals surface area contributed by atoms with Crippen molar-refractivity contribution in [1.82, 2.24) is 15.0 Å². The van der Waals surface area contributed by atoms with Crippen LogP contribution in [0.3, 0.4) is 0 Å². The molecule has 3 heterocycles. The maximum absolute atomic E-state index is 5.42. The van der Waals surface area contributed by atoms with Gasteiger partial charge in [0.1, 0.15) is 0 Å². The van der Waals surface area contributed by atoms with Crippen LogP contribution in [0.25, 0.3) is 78.2 Å². The molecule has 0 atom stereocenters. The minimum Gasteiger partial charge on any atom is -0.256 e. The topological polar surface area (TPSA) is 38.7 Å². The average Bonchev–Trinajstić information content (AvgIpc) is 3.63. The van der Waals surface area contributed by atoms with Gasteiger partial charge in [0.2, 0.25) is 0 Å². The molecule has 10 aromatic rings. The van der Waals surface area contributed by atoms with E-state index in [-0.39, 0.29) is 0 Å². The Morgan fingerprint density at radius 3 is 1.60 bits per heavy atom. The first-order valence-corrected chi connectivity index (χ1v) is 21.2. The van der Waals surface area contributed by atoms with E-state index >= 15 is 0 Å². The lowest BCUT2D eigenvalue weighted by atomic mass is 9.67. The Bertz CT molecular complexity index is 3180. The first-order valence-electron chi connectivity index (χ1n) is 20.3. The van der Waals surface area contributed by atoms with Crippen LogP contribution in [0.15, 0.2) is 222 Å². The van der Waals surface area contributed by atoms with Gasteiger partial charge >= 0.3 is 0 Å². The summed E-state index contributed by atoms with van der Waals surface area (Å²) in [5, 5.41) is 1.15. The second kappa shape index (κ2) is 13.9. The molecular formula is C56H35N3S. The quantitative estimate of drug-likeness (QED) is 0.174. The van der Waals surface area contributed by atoms with Crippen molar-refractivity contribution in [2.45, 2.75) is 15.2 Å². The molecule has 3 nitrogen and oxygen atoms in total. The van der Waals surface area contributed by atoms with Crippen molar-refractivity contribution in [2.24, 2.45) is 0 Å². The van der Waals surface area contributed by atoms with E-state index in [1.165, 1.54) is 54.3 Å². The Hall–Kier alpha value is -7.40. The summed E-state index contributed by atoms with van der Waals surface area (Å²) < 4.78 is 0. The number of hydrogen-bond acceptors (Lipinski definition) is 4. The minimum atomic E-state index is -0.553. The van der Waals surface area contributed by atoms with Gasteiger partial charge < -0.3 is 0 Å². The van der Waals surface area contributed by atoms with Gasteiger partial charge in [-0.15, -0.1) is 0 Å². The molecule has 280 valence electrons. The minimum absolute atomic E-state index is 0.553. The maximum atomic E-state index is 5.42. The smallest absolute Gasteiger partial charge is 0.160 e. The van der Waals surface area contributed by atoms with Crippen LogP contribution in [-0.4, -0.2) is 15.0 Å². The van der Waals surface area contributed by atoms with Crippen molar-refractivity contribution in [3.05, 3.63) is 235 Å². The number of hydrogen-bond donors (Lipinski definition) is 0. The number of rotatable bonds is 5. The molecule has 8 aromatic carbocycles. The molecule has 0 bridgehead atoms. The SMILES string of the molecule is c1ccc(-c2cc(-c3cccc4c3-c3c(-c5ccc(-c6cccc7ncccc67)cc5)cccc3C43c4ccccc4Sc4ccccc43)nc(-c3ccccc3)n2)cc1. The van der Waals surface area contributed by atoms with Crippen molar-refractivity contribution in [2.75, 3.05) is 0 Å². The van der Waals surface area contributed by atoms with Gasteiger partial charge in [-0.1, -0.05) is 188 Å². The molecule has 2 aromatic heterocycles. The largest absolute Gasteiger partial charge is 0.256 e. The Morgan fingerprint density at radius 2 is 0.900 bits per heavy atom. The van der Waals surface area contributed by atoms with Gasteiger partial charge in [-0.3, -0.25) is 4.98 Å². The van der Waals surface area contributed by atoms with Crippen LogP contribution in [0.2, 0.25) is 0 Å². The third-order valence-electron chi connectivity index (χ3n) is 12.2. The summed E-state index contributed by atoms with van der Waals surface area (Å²) in [6.07, 6.45) is 1.86. The van der Waals surface area contributed by atoms with E-state index in [0.717, 1.165) is 50.1 Å². The van der Waals surface area contributed by atoms with Gasteiger partial charge in [0.15, 0.2) is 5.82 Å². The van der Waals surface area contributed by atoms with E-state index in [1.54, 1.807) is 0 Å². The van der Waals surface area contributed by atoms with E-state index in [1.807, 2.05) is 30.1 Å². The zero-order valence-electron chi connectivity index (χ0n) is 32.5. The standard InChI is InChI=1S/C56H35N3S/c1-3-15-38(16-4-1)49-35-50(59-55(58-49)39-17-5-2-6-18-39)43-21-12-26-47-54(43)53-41(37-32-30-36(31-33-37)40-19-13-27-48-42(40)22-14-34-57-48)20-11-25-46(53)56(47)44-23-7-9-28-51(44)60-52-29-10-8-24-45(52)56/h1-35H. The summed E-state index contributed by atoms with van der Waals surface area (Å²) in [4.78, 5) is 17.8. The third kappa shape index (κ3) is 5.28. The third-order valence-corrected chi connectivity index (χ3v) is 13.4. The fourth-order valence-electron chi connectivity index (χ4n) is 9.68. The molecule has 1 spiro atoms. The maximum Gasteiger partial charge on any atom is 0.160 e. The molecular weight excluding hydrogens is 747 g/mol. The van der Waals surface area contributed by atoms with Crippen LogP contribution in [0.1, 0.15) is 22.3 Å². The number of pyridine rings is 1. The molecule has 4 heteroatoms. The van der Waals surface area contributed by atoms with Crippen molar-refractivity contribution in [3.8, 4) is 67.3 Å². The van der Waals surface area contributed by atoms with Crippen LogP contribution in [0.5, 0.6) is 0 Å². The molecule has 12 rings (SSSR count). The zero-order chi connectivity index (χ0) is 39.6. The highest BCUT2D eigenvalue weighted by molar-refractivity contribution is 7.99. The summed E-state index contributed by atoms with van der Waals surface area (Å²) in [5.74, 6) is 0.703. The lowest BCUT2D eigenvalue weighted by Crippen LogP contribution is -2.31. The van der Waals surface area contributed by atoms with Gasteiger partial charge in [0.25, 0.3) is 0 Å². The normalized spacial score (nSPS) is 13.1. The van der Waals surface area contributed by atoms with E-state index in [4.69, 9.17) is 9.97 Å². The second-order valence-corrected chi connectivity index (χ2v) is 16.5. The molecule has 1 aliphatic carbocycles. The van der Waals surface area contributed by atoms with Crippen molar-refractivity contribution < 1.29 is 0 Å². The van der Waals surface area contributed by atoms with E-state index in [0.29, 0.717) is 5.82 Å². The molecule has 0 N–H and O–H groups in total. The van der Waals surface area contributed by atoms with Crippen molar-refractivity contribution in [1.29, 1.82) is 0 Å². The zero-order valence-corrected chi connectivity index (χ0v) is 33.3. The molecule has 2 aliphatic rings. The summed E-state index contributed by atoms with van der Waals surface area (Å²) >= 11 is 1.87. The number of fused-ring (bicyclic) bond motifs is 10. The number of nitrogens with zero attached hydrogens (tertiary/aromatic N) is 3. The van der Waals surface area contributed by atoms with Gasteiger partial charge in [-0.25, -0.2) is 9.97 Å². The lowest BCUT2D eigenvalue weighted by molar-refractivity contribution is 0.722. The van der Waals surface area contributed by atoms with Crippen LogP contribution in [0, 0.1) is 0 Å². The number of aromatic nitrogens is 3. The van der Waals surface area contributed by atoms with Crippen LogP contribution >= 0.6 is 11.8 Å². The van der Waals surface area contributed by atoms with Gasteiger partial charge in [0, 0.05) is 38.1 Å². The number of benzene rings is 8. The molecule has 1 aliphatic heterocycles.